The number of aromatic hydroxyl groups is 1. The van der Waals surface area contributed by atoms with Gasteiger partial charge in [-0.2, -0.15) is 0 Å². The van der Waals surface area contributed by atoms with E-state index < -0.39 is 113 Å². The number of ether oxygens (including phenoxy) is 1. The minimum absolute atomic E-state index is 0.0681. The van der Waals surface area contributed by atoms with Crippen LogP contribution in [0.1, 0.15) is 86.1 Å². The Kier molecular flexibility index (Phi) is 26.9. The van der Waals surface area contributed by atoms with Gasteiger partial charge in [-0.3, -0.25) is 48.8 Å². The van der Waals surface area contributed by atoms with Gasteiger partial charge < -0.3 is 57.0 Å². The van der Waals surface area contributed by atoms with Crippen LogP contribution in [0.25, 0.3) is 0 Å². The second-order valence-corrected chi connectivity index (χ2v) is 30.6. The number of amides is 7. The van der Waals surface area contributed by atoms with Crippen LogP contribution >= 0.6 is 19.6 Å². The summed E-state index contributed by atoms with van der Waals surface area (Å²) in [6.07, 6.45) is 1.44. The van der Waals surface area contributed by atoms with Crippen LogP contribution in [0.15, 0.2) is 84.9 Å². The van der Waals surface area contributed by atoms with Crippen molar-refractivity contribution in [1.82, 2.24) is 42.5 Å². The molecule has 0 spiro atoms. The van der Waals surface area contributed by atoms with E-state index in [0.717, 1.165) is 39.0 Å². The molecule has 89 heavy (non-hydrogen) atoms. The molecule has 31 heteroatoms. The number of hydrogen-bond acceptors (Lipinski definition) is 15. The maximum atomic E-state index is 14.0. The molecule has 12 N–H and O–H groups in total. The van der Waals surface area contributed by atoms with Gasteiger partial charge in [0, 0.05) is 25.0 Å². The quantitative estimate of drug-likeness (QED) is 0.0150. The number of carbonyl (C=O) groups excluding carboxylic acids is 8. The normalized spacial score (nSPS) is 17.8. The molecule has 0 aliphatic carbocycles. The first-order valence-electron chi connectivity index (χ1n) is 29.0. The van der Waals surface area contributed by atoms with Gasteiger partial charge in [0.2, 0.25) is 41.4 Å². The molecule has 22 nitrogen and oxygen atoms in total. The molecule has 3 aromatic carbocycles. The first kappa shape index (κ1) is 74.5. The molecule has 3 aromatic rings. The topological polar surface area (TPSA) is 321 Å². The minimum atomic E-state index is -10.7. The van der Waals surface area contributed by atoms with Gasteiger partial charge in [0.05, 0.1) is 64.2 Å². The van der Waals surface area contributed by atoms with E-state index in [4.69, 9.17) is 14.9 Å². The SMILES string of the molecule is CC[C@H](C)[C@H](NC(=O)CNC(=O)CSC[C@@H]1CC[N+]2=C(N[C@H](CO[Si](c3ccccc3)(c3ccccc3)C(C)(C)C)CC2)N1)C(=O)N[C@@H](CO)C(=O)N[C@@H](Cc1ccc(O)cc1)C(=O)N[C@@H](CC(N)=O)C(=O)N[C@@H](CC(C)C)C(=O)OC.F[P-](F)(F)(F)(F)F. The van der Waals surface area contributed by atoms with Gasteiger partial charge in [0.25, 0.3) is 8.32 Å². The second-order valence-electron chi connectivity index (χ2n) is 23.4. The number of carbonyl (C=O) groups is 8. The molecule has 0 bridgehead atoms. The predicted octanol–water partition coefficient (Wildman–Crippen LogP) is 3.39. The molecule has 2 aliphatic heterocycles. The molecule has 0 saturated carbocycles. The number of hydrogen-bond donors (Lipinski definition) is 11. The van der Waals surface area contributed by atoms with Crippen molar-refractivity contribution < 1.29 is 87.5 Å². The van der Waals surface area contributed by atoms with Crippen molar-refractivity contribution >= 4 is 91.5 Å². The molecule has 496 valence electrons. The fourth-order valence-corrected chi connectivity index (χ4v) is 15.5. The van der Waals surface area contributed by atoms with Crippen LogP contribution in [-0.4, -0.2) is 170 Å². The summed E-state index contributed by atoms with van der Waals surface area (Å²) in [5.74, 6) is -5.52. The Balaban J connectivity index is 0.00000227. The molecule has 8 atom stereocenters. The number of guanidine groups is 1. The summed E-state index contributed by atoms with van der Waals surface area (Å²) in [6.45, 7) is 14.8. The van der Waals surface area contributed by atoms with Crippen LogP contribution in [0, 0.1) is 11.8 Å². The molecule has 0 fully saturated rings. The van der Waals surface area contributed by atoms with E-state index in [2.05, 4.69) is 116 Å². The molecule has 2 heterocycles. The predicted molar refractivity (Wildman–Crippen MR) is 329 cm³/mol. The van der Waals surface area contributed by atoms with Crippen LogP contribution < -0.4 is 58.6 Å². The van der Waals surface area contributed by atoms with Gasteiger partial charge in [0.1, 0.15) is 36.0 Å². The summed E-state index contributed by atoms with van der Waals surface area (Å²) >= 11 is 1.43. The number of nitrogens with zero attached hydrogens (tertiary/aromatic N) is 1. The fraction of sp³-hybridized carbons (Fsp3) is 0.534. The Labute approximate surface area is 519 Å². The number of primary amides is 1. The molecule has 0 aromatic heterocycles. The zero-order chi connectivity index (χ0) is 66.6. The van der Waals surface area contributed by atoms with Crippen molar-refractivity contribution in [2.45, 2.75) is 134 Å². The van der Waals surface area contributed by atoms with Crippen molar-refractivity contribution in [3.05, 3.63) is 90.5 Å². The Bertz CT molecular complexity index is 2890. The summed E-state index contributed by atoms with van der Waals surface area (Å²) in [5.41, 5.74) is 5.88. The van der Waals surface area contributed by atoms with E-state index in [1.807, 2.05) is 26.0 Å². The number of esters is 1. The van der Waals surface area contributed by atoms with E-state index in [0.29, 0.717) is 24.3 Å². The maximum absolute atomic E-state index is 14.0. The number of rotatable bonds is 30. The summed E-state index contributed by atoms with van der Waals surface area (Å²) in [6, 6.07) is 19.9. The third-order valence-corrected chi connectivity index (χ3v) is 20.7. The van der Waals surface area contributed by atoms with E-state index in [9.17, 15) is 73.8 Å². The van der Waals surface area contributed by atoms with Gasteiger partial charge in [-0.15, -0.1) is 11.8 Å². The van der Waals surface area contributed by atoms with Crippen molar-refractivity contribution in [3.8, 4) is 5.75 Å². The van der Waals surface area contributed by atoms with Crippen molar-refractivity contribution in [2.24, 2.45) is 17.6 Å². The number of nitrogens with two attached hydrogens (primary N) is 1. The van der Waals surface area contributed by atoms with Crippen LogP contribution in [0.2, 0.25) is 5.04 Å². The van der Waals surface area contributed by atoms with Crippen LogP contribution in [0.3, 0.4) is 0 Å². The van der Waals surface area contributed by atoms with Crippen molar-refractivity contribution in [1.29, 1.82) is 0 Å². The Hall–Kier alpha value is -7.01. The zero-order valence-corrected chi connectivity index (χ0v) is 53.8. The van der Waals surface area contributed by atoms with E-state index >= 15 is 0 Å². The van der Waals surface area contributed by atoms with Crippen molar-refractivity contribution in [3.63, 3.8) is 0 Å². The fourth-order valence-electron chi connectivity index (χ4n) is 9.99. The average Bonchev–Trinajstić information content (AvgIpc) is 0.791. The van der Waals surface area contributed by atoms with Gasteiger partial charge >= 0.3 is 44.9 Å². The summed E-state index contributed by atoms with van der Waals surface area (Å²) in [5, 5.41) is 45.1. The standard InChI is InChI=1S/C58H84N10O12SSi.F6P/c1-9-37(4)51(55(77)66-47(32-69)54(76)63-44(29-38-20-22-41(70)23-21-38)52(74)64-45(30-48(59)71)53(75)65-46(28-36(2)3)56(78)79-8)67-49(72)31-60-50(73)35-81-34-40-25-27-68-26-24-39(61-57(68)62-40)33-80-82(58(5,6)7,42-16-12-10-13-17-42)43-18-14-11-15-19-43;1-7(2,3,4,5)6/h10-23,36-37,39-40,44-47,51,69H,9,24-35H2,1-8H3,(H10,59,60,61,62,63,64,65,66,67,70,71,72,73,74,75,76,77);/q;-1/p+1/t37-,39-,40-,44-,45-,46-,47-,51-;/m0./s1. The van der Waals surface area contributed by atoms with Gasteiger partial charge in [-0.25, -0.2) is 4.79 Å². The van der Waals surface area contributed by atoms with Crippen LogP contribution in [-0.2, 0) is 53.9 Å². The van der Waals surface area contributed by atoms with Gasteiger partial charge in [-0.05, 0) is 51.4 Å². The van der Waals surface area contributed by atoms with Crippen LogP contribution in [0.4, 0.5) is 25.2 Å². The molecule has 0 unspecified atom stereocenters. The van der Waals surface area contributed by atoms with E-state index in [1.54, 1.807) is 13.8 Å². The molecule has 0 saturated heterocycles. The number of benzene rings is 3. The number of aliphatic hydroxyl groups excluding tert-OH is 1. The van der Waals surface area contributed by atoms with E-state index in [-0.39, 0.29) is 53.3 Å². The van der Waals surface area contributed by atoms with Gasteiger partial charge in [0.15, 0.2) is 0 Å². The third kappa shape index (κ3) is 25.4. The number of halogens is 6. The Morgan fingerprint density at radius 2 is 1.24 bits per heavy atom. The monoisotopic (exact) mass is 1320 g/mol. The first-order chi connectivity index (χ1) is 41.4. The number of phenolic OH excluding ortho intramolecular Hbond substituents is 1. The average molecular weight is 1320 g/mol. The summed E-state index contributed by atoms with van der Waals surface area (Å²) < 4.78 is 73.6. The number of phenols is 1. The van der Waals surface area contributed by atoms with Crippen molar-refractivity contribution in [2.75, 3.05) is 51.5 Å². The molecule has 5 rings (SSSR count). The number of thioether (sulfide) groups is 1. The number of methoxy groups -OCH3 is 1. The van der Waals surface area contributed by atoms with Gasteiger partial charge in [-0.1, -0.05) is 128 Å². The number of nitrogens with one attached hydrogen (secondary N) is 8. The first-order valence-corrected chi connectivity index (χ1v) is 34.1. The second kappa shape index (κ2) is 32.1. The number of aliphatic hydroxyl groups is 1. The summed E-state index contributed by atoms with van der Waals surface area (Å²) in [7, 11) is -12.2. The molecular weight excluding hydrogens is 1230 g/mol. The Morgan fingerprint density at radius 3 is 1.75 bits per heavy atom. The molecule has 0 radical (unpaired) electrons. The molecule has 2 aliphatic rings. The molecular formula is C58H85F6N10O12PSSi. The van der Waals surface area contributed by atoms with E-state index in [1.165, 1.54) is 46.4 Å². The molecule has 7 amide bonds. The zero-order valence-electron chi connectivity index (χ0n) is 51.1. The van der Waals surface area contributed by atoms with Crippen LogP contribution in [0.5, 0.6) is 5.75 Å². The third-order valence-electron chi connectivity index (χ3n) is 14.6. The Morgan fingerprint density at radius 1 is 0.730 bits per heavy atom. The summed E-state index contributed by atoms with van der Waals surface area (Å²) in [4.78, 5) is 106.